The van der Waals surface area contributed by atoms with E-state index in [1.807, 2.05) is 0 Å². The lowest BCUT2D eigenvalue weighted by molar-refractivity contribution is 0.800. The maximum absolute atomic E-state index is 2.44. The molecule has 0 saturated carbocycles. The molecule has 0 spiro atoms. The number of allylic oxidation sites excluding steroid dienone is 8. The molecule has 0 N–H and O–H groups in total. The van der Waals surface area contributed by atoms with E-state index in [1.54, 1.807) is 0 Å². The van der Waals surface area contributed by atoms with E-state index in [0.29, 0.717) is 5.92 Å². The second kappa shape index (κ2) is 16.0. The molecule has 0 saturated heterocycles. The van der Waals surface area contributed by atoms with Crippen LogP contribution in [-0.2, 0) is 0 Å². The Morgan fingerprint density at radius 1 is 0.481 bits per heavy atom. The average molecular weight is 677 g/mol. The van der Waals surface area contributed by atoms with Gasteiger partial charge in [-0.25, -0.2) is 0 Å². The number of hydrogen-bond acceptors (Lipinski definition) is 2. The van der Waals surface area contributed by atoms with E-state index >= 15 is 0 Å². The first-order valence-electron chi connectivity index (χ1n) is 18.5. The standard InChI is InChI=1S/C50H48N2/c1-37-5-25-45(26-6-37)51(46-27-7-38(2)8-28-46)49-33-21-43(22-34-49)19-17-41-13-15-42(16-14-41)18-20-44-23-35-50(36-24-44)52(47-29-9-39(3)10-30-47)48-31-11-40(4)12-32-48/h5-11,13-23,25-31,33-36,44H,12,24,32H2,1-4H3/b19-17+,20-18-. The Morgan fingerprint density at radius 3 is 1.37 bits per heavy atom. The maximum Gasteiger partial charge on any atom is 0.0462 e. The Labute approximate surface area is 310 Å². The van der Waals surface area contributed by atoms with Gasteiger partial charge < -0.3 is 9.80 Å². The van der Waals surface area contributed by atoms with E-state index in [2.05, 4.69) is 214 Å². The first-order valence-corrected chi connectivity index (χ1v) is 18.5. The molecule has 5 aromatic rings. The van der Waals surface area contributed by atoms with Gasteiger partial charge in [0.2, 0.25) is 0 Å². The van der Waals surface area contributed by atoms with Crippen molar-refractivity contribution in [3.8, 4) is 0 Å². The van der Waals surface area contributed by atoms with Crippen LogP contribution in [0.15, 0.2) is 175 Å². The van der Waals surface area contributed by atoms with E-state index < -0.39 is 0 Å². The fraction of sp³-hybridized carbons (Fsp3) is 0.160. The third kappa shape index (κ3) is 8.53. The quantitative estimate of drug-likeness (QED) is 0.136. The van der Waals surface area contributed by atoms with Crippen LogP contribution in [0.4, 0.5) is 22.7 Å². The van der Waals surface area contributed by atoms with E-state index in [4.69, 9.17) is 0 Å². The van der Waals surface area contributed by atoms with E-state index in [9.17, 15) is 0 Å². The Morgan fingerprint density at radius 2 is 0.923 bits per heavy atom. The topological polar surface area (TPSA) is 6.48 Å². The first-order chi connectivity index (χ1) is 25.4. The molecule has 0 fully saturated rings. The highest BCUT2D eigenvalue weighted by molar-refractivity contribution is 5.78. The van der Waals surface area contributed by atoms with Crippen LogP contribution in [0.5, 0.6) is 0 Å². The molecule has 1 unspecified atom stereocenters. The number of hydrogen-bond donors (Lipinski definition) is 0. The molecule has 0 aromatic heterocycles. The summed E-state index contributed by atoms with van der Waals surface area (Å²) in [6.07, 6.45) is 23.7. The molecular weight excluding hydrogens is 629 g/mol. The highest BCUT2D eigenvalue weighted by Gasteiger charge is 2.19. The maximum atomic E-state index is 2.44. The van der Waals surface area contributed by atoms with Crippen molar-refractivity contribution in [3.05, 3.63) is 208 Å². The van der Waals surface area contributed by atoms with Gasteiger partial charge in [0.1, 0.15) is 0 Å². The summed E-state index contributed by atoms with van der Waals surface area (Å²) in [7, 11) is 0. The highest BCUT2D eigenvalue weighted by atomic mass is 15.2. The molecule has 7 rings (SSSR count). The molecule has 0 bridgehead atoms. The van der Waals surface area contributed by atoms with Crippen molar-refractivity contribution in [3.63, 3.8) is 0 Å². The lowest BCUT2D eigenvalue weighted by atomic mass is 9.96. The average Bonchev–Trinajstić information content (AvgIpc) is 3.18. The zero-order valence-electron chi connectivity index (χ0n) is 30.8. The summed E-state index contributed by atoms with van der Waals surface area (Å²) in [5.74, 6) is 0.376. The molecule has 2 aliphatic carbocycles. The molecule has 0 aliphatic heterocycles. The van der Waals surface area contributed by atoms with E-state index in [0.717, 1.165) is 36.3 Å². The van der Waals surface area contributed by atoms with Crippen molar-refractivity contribution in [1.29, 1.82) is 0 Å². The Bertz CT molecular complexity index is 2110. The van der Waals surface area contributed by atoms with Gasteiger partial charge >= 0.3 is 0 Å². The third-order valence-electron chi connectivity index (χ3n) is 9.96. The Balaban J connectivity index is 0.988. The fourth-order valence-electron chi connectivity index (χ4n) is 6.74. The normalized spacial score (nSPS) is 15.8. The minimum absolute atomic E-state index is 0.376. The largest absolute Gasteiger partial charge is 0.315 e. The predicted molar refractivity (Wildman–Crippen MR) is 225 cm³/mol. The Hall–Kier alpha value is -5.86. The molecule has 2 nitrogen and oxygen atoms in total. The van der Waals surface area contributed by atoms with Crippen molar-refractivity contribution in [1.82, 2.24) is 0 Å². The fourth-order valence-corrected chi connectivity index (χ4v) is 6.74. The SMILES string of the molecule is CC1=CC=C(N(C2=CCC(/C=C\c3ccc(/C=C/c4ccc(N(c5ccc(C)cc5)c5ccc(C)cc5)cc4)cc3)C=C2)c2ccc(C)cc2)CC1. The van der Waals surface area contributed by atoms with E-state index in [1.165, 1.54) is 56.0 Å². The molecule has 2 aliphatic rings. The summed E-state index contributed by atoms with van der Waals surface area (Å²) in [5.41, 5.74) is 16.1. The molecule has 5 aromatic carbocycles. The second-order valence-corrected chi connectivity index (χ2v) is 14.2. The summed E-state index contributed by atoms with van der Waals surface area (Å²) < 4.78 is 0. The number of benzene rings is 5. The van der Waals surface area contributed by atoms with Crippen molar-refractivity contribution in [2.24, 2.45) is 5.92 Å². The zero-order chi connectivity index (χ0) is 35.9. The summed E-state index contributed by atoms with van der Waals surface area (Å²) in [5, 5.41) is 0. The monoisotopic (exact) mass is 676 g/mol. The lowest BCUT2D eigenvalue weighted by Gasteiger charge is -2.32. The smallest absolute Gasteiger partial charge is 0.0462 e. The number of rotatable bonds is 10. The minimum Gasteiger partial charge on any atom is -0.315 e. The van der Waals surface area contributed by atoms with Gasteiger partial charge in [-0.05, 0) is 130 Å². The van der Waals surface area contributed by atoms with E-state index in [-0.39, 0.29) is 0 Å². The summed E-state index contributed by atoms with van der Waals surface area (Å²) >= 11 is 0. The number of aryl methyl sites for hydroxylation is 3. The molecule has 258 valence electrons. The molecule has 0 amide bonds. The number of nitrogens with zero attached hydrogens (tertiary/aromatic N) is 2. The van der Waals surface area contributed by atoms with Gasteiger partial charge in [0.25, 0.3) is 0 Å². The molecule has 52 heavy (non-hydrogen) atoms. The van der Waals surface area contributed by atoms with Crippen molar-refractivity contribution >= 4 is 41.0 Å². The summed E-state index contributed by atoms with van der Waals surface area (Å²) in [6, 6.07) is 43.9. The van der Waals surface area contributed by atoms with Crippen LogP contribution in [-0.4, -0.2) is 0 Å². The van der Waals surface area contributed by atoms with Gasteiger partial charge in [-0.2, -0.15) is 0 Å². The summed E-state index contributed by atoms with van der Waals surface area (Å²) in [6.45, 7) is 8.62. The van der Waals surface area contributed by atoms with Gasteiger partial charge in [0, 0.05) is 34.1 Å². The molecule has 0 radical (unpaired) electrons. The van der Waals surface area contributed by atoms with Crippen molar-refractivity contribution < 1.29 is 0 Å². The molecule has 2 heteroatoms. The minimum atomic E-state index is 0.376. The summed E-state index contributed by atoms with van der Waals surface area (Å²) in [4.78, 5) is 4.75. The van der Waals surface area contributed by atoms with Crippen LogP contribution < -0.4 is 9.80 Å². The zero-order valence-corrected chi connectivity index (χ0v) is 30.8. The number of anilines is 4. The Kier molecular flexibility index (Phi) is 10.6. The molecule has 0 heterocycles. The van der Waals surface area contributed by atoms with Crippen LogP contribution in [0, 0.1) is 26.7 Å². The van der Waals surface area contributed by atoms with Crippen LogP contribution in [0.1, 0.15) is 59.6 Å². The second-order valence-electron chi connectivity index (χ2n) is 14.2. The van der Waals surface area contributed by atoms with Crippen LogP contribution in [0.3, 0.4) is 0 Å². The van der Waals surface area contributed by atoms with Crippen molar-refractivity contribution in [2.75, 3.05) is 9.80 Å². The van der Waals surface area contributed by atoms with Gasteiger partial charge in [-0.15, -0.1) is 0 Å². The van der Waals surface area contributed by atoms with Gasteiger partial charge in [-0.3, -0.25) is 0 Å². The van der Waals surface area contributed by atoms with Gasteiger partial charge in [0.05, 0.1) is 0 Å². The highest BCUT2D eigenvalue weighted by Crippen LogP contribution is 2.36. The molecule has 1 atom stereocenters. The van der Waals surface area contributed by atoms with Crippen LogP contribution in [0.25, 0.3) is 18.2 Å². The predicted octanol–water partition coefficient (Wildman–Crippen LogP) is 13.9. The first kappa shape index (κ1) is 34.6. The van der Waals surface area contributed by atoms with Crippen LogP contribution >= 0.6 is 0 Å². The van der Waals surface area contributed by atoms with Gasteiger partial charge in [-0.1, -0.05) is 138 Å². The van der Waals surface area contributed by atoms with Gasteiger partial charge in [0.15, 0.2) is 0 Å². The van der Waals surface area contributed by atoms with Crippen molar-refractivity contribution in [2.45, 2.75) is 47.0 Å². The van der Waals surface area contributed by atoms with Crippen LogP contribution in [0.2, 0.25) is 0 Å². The molecular formula is C50H48N2. The third-order valence-corrected chi connectivity index (χ3v) is 9.96. The lowest BCUT2D eigenvalue weighted by Crippen LogP contribution is -2.23.